The van der Waals surface area contributed by atoms with Gasteiger partial charge in [0.1, 0.15) is 5.65 Å². The number of hydrogen-bond donors (Lipinski definition) is 2. The van der Waals surface area contributed by atoms with Crippen molar-refractivity contribution in [1.82, 2.24) is 24.9 Å². The Hall–Kier alpha value is -3.28. The Morgan fingerprint density at radius 1 is 0.864 bits per heavy atom. The van der Waals surface area contributed by atoms with Crippen LogP contribution in [0.25, 0.3) is 33.7 Å². The number of anilines is 1. The topological polar surface area (TPSA) is 93.4 Å². The van der Waals surface area contributed by atoms with Crippen LogP contribution in [0.2, 0.25) is 0 Å². The van der Waals surface area contributed by atoms with Crippen LogP contribution in [0, 0.1) is 0 Å². The average molecular weight is 288 g/mol. The molecule has 0 amide bonds. The summed E-state index contributed by atoms with van der Waals surface area (Å²) >= 11 is 0. The number of hydrogen-bond acceptors (Lipinski definition) is 5. The van der Waals surface area contributed by atoms with E-state index in [4.69, 9.17) is 5.73 Å². The van der Waals surface area contributed by atoms with Crippen molar-refractivity contribution in [3.8, 4) is 22.6 Å². The first-order valence-corrected chi connectivity index (χ1v) is 6.80. The summed E-state index contributed by atoms with van der Waals surface area (Å²) < 4.78 is 0. The van der Waals surface area contributed by atoms with Crippen LogP contribution in [-0.2, 0) is 0 Å². The number of nitrogens with zero attached hydrogens (tertiary/aromatic N) is 4. The number of fused-ring (bicyclic) bond motifs is 1. The summed E-state index contributed by atoms with van der Waals surface area (Å²) in [4.78, 5) is 20.3. The Kier molecular flexibility index (Phi) is 2.79. The largest absolute Gasteiger partial charge is 0.368 e. The van der Waals surface area contributed by atoms with E-state index in [9.17, 15) is 0 Å². The highest BCUT2D eigenvalue weighted by molar-refractivity contribution is 5.92. The number of pyridine rings is 2. The first-order chi connectivity index (χ1) is 10.8. The number of aromatic nitrogens is 5. The Morgan fingerprint density at radius 2 is 1.77 bits per heavy atom. The Bertz CT molecular complexity index is 945. The van der Waals surface area contributed by atoms with Crippen molar-refractivity contribution in [3.63, 3.8) is 0 Å². The minimum absolute atomic E-state index is 0.221. The van der Waals surface area contributed by atoms with Crippen LogP contribution in [0.5, 0.6) is 0 Å². The van der Waals surface area contributed by atoms with Crippen molar-refractivity contribution in [3.05, 3.63) is 55.0 Å². The highest BCUT2D eigenvalue weighted by Crippen LogP contribution is 2.28. The molecule has 4 aromatic rings. The van der Waals surface area contributed by atoms with E-state index >= 15 is 0 Å². The van der Waals surface area contributed by atoms with E-state index in [2.05, 4.69) is 24.9 Å². The molecule has 0 saturated carbocycles. The number of nitrogens with two attached hydrogens (primary N) is 1. The first-order valence-electron chi connectivity index (χ1n) is 6.80. The van der Waals surface area contributed by atoms with Crippen LogP contribution in [0.15, 0.2) is 55.0 Å². The van der Waals surface area contributed by atoms with Gasteiger partial charge in [-0.3, -0.25) is 4.98 Å². The maximum atomic E-state index is 5.88. The molecule has 4 heterocycles. The molecule has 0 unspecified atom stereocenters. The summed E-state index contributed by atoms with van der Waals surface area (Å²) in [5, 5.41) is 0.993. The highest BCUT2D eigenvalue weighted by atomic mass is 15.0. The van der Waals surface area contributed by atoms with Gasteiger partial charge in [0.2, 0.25) is 5.95 Å². The molecule has 0 radical (unpaired) electrons. The minimum Gasteiger partial charge on any atom is -0.368 e. The van der Waals surface area contributed by atoms with Gasteiger partial charge in [0, 0.05) is 29.5 Å². The predicted molar refractivity (Wildman–Crippen MR) is 84.8 cm³/mol. The average Bonchev–Trinajstić information content (AvgIpc) is 3.03. The molecular weight excluding hydrogens is 276 g/mol. The molecule has 4 aromatic heterocycles. The molecule has 0 spiro atoms. The number of aromatic amines is 1. The fraction of sp³-hybridized carbons (Fsp3) is 0. The molecule has 106 valence electrons. The van der Waals surface area contributed by atoms with Crippen LogP contribution >= 0.6 is 0 Å². The summed E-state index contributed by atoms with van der Waals surface area (Å²) in [6, 6.07) is 11.4. The van der Waals surface area contributed by atoms with Gasteiger partial charge >= 0.3 is 0 Å². The second-order valence-corrected chi connectivity index (χ2v) is 4.81. The monoisotopic (exact) mass is 288 g/mol. The third kappa shape index (κ3) is 2.07. The second-order valence-electron chi connectivity index (χ2n) is 4.81. The molecule has 0 aromatic carbocycles. The molecular formula is C16H12N6. The molecule has 4 rings (SSSR count). The fourth-order valence-corrected chi connectivity index (χ4v) is 2.43. The quantitative estimate of drug-likeness (QED) is 0.591. The normalized spacial score (nSPS) is 10.9. The van der Waals surface area contributed by atoms with Gasteiger partial charge < -0.3 is 10.7 Å². The van der Waals surface area contributed by atoms with Crippen LogP contribution in [0.3, 0.4) is 0 Å². The Balaban J connectivity index is 1.93. The number of H-pyrrole nitrogens is 1. The van der Waals surface area contributed by atoms with Crippen molar-refractivity contribution in [2.24, 2.45) is 0 Å². The van der Waals surface area contributed by atoms with Crippen molar-refractivity contribution in [1.29, 1.82) is 0 Å². The van der Waals surface area contributed by atoms with Crippen LogP contribution in [0.1, 0.15) is 0 Å². The van der Waals surface area contributed by atoms with Crippen LogP contribution < -0.4 is 5.73 Å². The van der Waals surface area contributed by atoms with Gasteiger partial charge in [-0.25, -0.2) is 15.0 Å². The summed E-state index contributed by atoms with van der Waals surface area (Å²) in [7, 11) is 0. The van der Waals surface area contributed by atoms with Crippen molar-refractivity contribution < 1.29 is 0 Å². The number of nitrogen functional groups attached to an aromatic ring is 1. The van der Waals surface area contributed by atoms with E-state index in [0.29, 0.717) is 5.69 Å². The molecule has 0 aliphatic carbocycles. The molecule has 3 N–H and O–H groups in total. The molecule has 0 fully saturated rings. The van der Waals surface area contributed by atoms with E-state index in [1.807, 2.05) is 42.6 Å². The van der Waals surface area contributed by atoms with Gasteiger partial charge in [-0.15, -0.1) is 0 Å². The molecule has 0 bridgehead atoms. The lowest BCUT2D eigenvalue weighted by Crippen LogP contribution is -1.99. The lowest BCUT2D eigenvalue weighted by Gasteiger charge is -2.06. The van der Waals surface area contributed by atoms with Crippen LogP contribution in [-0.4, -0.2) is 24.9 Å². The van der Waals surface area contributed by atoms with Crippen molar-refractivity contribution >= 4 is 17.0 Å². The lowest BCUT2D eigenvalue weighted by atomic mass is 10.1. The molecule has 0 aliphatic heterocycles. The van der Waals surface area contributed by atoms with E-state index in [1.54, 1.807) is 12.4 Å². The fourth-order valence-electron chi connectivity index (χ4n) is 2.43. The third-order valence-corrected chi connectivity index (χ3v) is 3.41. The van der Waals surface area contributed by atoms with Gasteiger partial charge in [-0.1, -0.05) is 6.07 Å². The van der Waals surface area contributed by atoms with Crippen molar-refractivity contribution in [2.75, 3.05) is 5.73 Å². The van der Waals surface area contributed by atoms with Gasteiger partial charge in [0.15, 0.2) is 0 Å². The van der Waals surface area contributed by atoms with Gasteiger partial charge in [0.25, 0.3) is 0 Å². The SMILES string of the molecule is Nc1nc(-c2ccccn2)cc(-c2ccnc3[nH]ccc23)n1. The Labute approximate surface area is 126 Å². The van der Waals surface area contributed by atoms with Gasteiger partial charge in [0.05, 0.1) is 17.1 Å². The zero-order chi connectivity index (χ0) is 14.9. The molecule has 6 nitrogen and oxygen atoms in total. The first kappa shape index (κ1) is 12.5. The summed E-state index contributed by atoms with van der Waals surface area (Å²) in [5.74, 6) is 0.221. The molecule has 0 aliphatic rings. The molecule has 0 saturated heterocycles. The highest BCUT2D eigenvalue weighted by Gasteiger charge is 2.11. The third-order valence-electron chi connectivity index (χ3n) is 3.41. The zero-order valence-corrected chi connectivity index (χ0v) is 11.6. The molecule has 22 heavy (non-hydrogen) atoms. The van der Waals surface area contributed by atoms with E-state index in [1.165, 1.54) is 0 Å². The van der Waals surface area contributed by atoms with E-state index in [-0.39, 0.29) is 5.95 Å². The van der Waals surface area contributed by atoms with E-state index < -0.39 is 0 Å². The summed E-state index contributed by atoms with van der Waals surface area (Å²) in [6.45, 7) is 0. The maximum absolute atomic E-state index is 5.88. The van der Waals surface area contributed by atoms with Crippen molar-refractivity contribution in [2.45, 2.75) is 0 Å². The minimum atomic E-state index is 0.221. The summed E-state index contributed by atoms with van der Waals surface area (Å²) in [6.07, 6.45) is 5.32. The number of rotatable bonds is 2. The maximum Gasteiger partial charge on any atom is 0.221 e. The van der Waals surface area contributed by atoms with Gasteiger partial charge in [-0.05, 0) is 30.3 Å². The van der Waals surface area contributed by atoms with E-state index in [0.717, 1.165) is 28.0 Å². The van der Waals surface area contributed by atoms with Gasteiger partial charge in [-0.2, -0.15) is 0 Å². The number of nitrogens with one attached hydrogen (secondary N) is 1. The standard InChI is InChI=1S/C16H12N6/c17-16-21-13(9-14(22-16)12-3-1-2-6-18-12)10-4-7-19-15-11(10)5-8-20-15/h1-9H,(H,19,20)(H2,17,21,22). The summed E-state index contributed by atoms with van der Waals surface area (Å²) in [5.41, 5.74) is 9.86. The van der Waals surface area contributed by atoms with Crippen LogP contribution in [0.4, 0.5) is 5.95 Å². The molecule has 6 heteroatoms. The smallest absolute Gasteiger partial charge is 0.221 e. The lowest BCUT2D eigenvalue weighted by molar-refractivity contribution is 1.17. The zero-order valence-electron chi connectivity index (χ0n) is 11.6. The second kappa shape index (κ2) is 4.92. The predicted octanol–water partition coefficient (Wildman–Crippen LogP) is 2.66. The molecule has 0 atom stereocenters. The Morgan fingerprint density at radius 3 is 2.64 bits per heavy atom.